The summed E-state index contributed by atoms with van der Waals surface area (Å²) in [5.41, 5.74) is 0.0278. The first-order valence-electron chi connectivity index (χ1n) is 5.32. The molecule has 0 saturated carbocycles. The Morgan fingerprint density at radius 1 is 1.43 bits per heavy atom. The van der Waals surface area contributed by atoms with Crippen molar-refractivity contribution in [1.29, 1.82) is 0 Å². The molecule has 2 aromatic rings. The molecule has 2 rings (SSSR count). The highest BCUT2D eigenvalue weighted by molar-refractivity contribution is 5.77. The fourth-order valence-electron chi connectivity index (χ4n) is 1.23. The first kappa shape index (κ1) is 6.65. The zero-order chi connectivity index (χ0) is 11.5. The standard InChI is InChI=1S/C11H10O3/c1-2-13-9-5-3-8-4-6-11(12)14-10(8)7-9/h3-7H,2H2,1H3/i1D2. The van der Waals surface area contributed by atoms with Crippen LogP contribution in [0.25, 0.3) is 11.0 Å². The molecule has 0 bridgehead atoms. The maximum absolute atomic E-state index is 11.0. The maximum Gasteiger partial charge on any atom is 0.336 e. The average molecular weight is 192 g/mol. The van der Waals surface area contributed by atoms with Gasteiger partial charge in [-0.1, -0.05) is 0 Å². The molecule has 3 heteroatoms. The molecular weight excluding hydrogens is 180 g/mol. The van der Waals surface area contributed by atoms with E-state index in [4.69, 9.17) is 11.9 Å². The van der Waals surface area contributed by atoms with E-state index in [0.717, 1.165) is 5.39 Å². The summed E-state index contributed by atoms with van der Waals surface area (Å²) in [7, 11) is 0. The summed E-state index contributed by atoms with van der Waals surface area (Å²) in [5.74, 6) is 0.492. The quantitative estimate of drug-likeness (QED) is 0.685. The van der Waals surface area contributed by atoms with Gasteiger partial charge in [0.05, 0.1) is 6.61 Å². The second-order valence-electron chi connectivity index (χ2n) is 2.77. The van der Waals surface area contributed by atoms with Gasteiger partial charge in [0.25, 0.3) is 0 Å². The van der Waals surface area contributed by atoms with Crippen molar-refractivity contribution in [2.75, 3.05) is 6.61 Å². The van der Waals surface area contributed by atoms with Crippen LogP contribution in [-0.2, 0) is 0 Å². The highest BCUT2D eigenvalue weighted by Crippen LogP contribution is 2.19. The zero-order valence-corrected chi connectivity index (χ0v) is 7.40. The van der Waals surface area contributed by atoms with Gasteiger partial charge in [-0.15, -0.1) is 0 Å². The Balaban J connectivity index is 2.31. The van der Waals surface area contributed by atoms with Crippen LogP contribution in [0.4, 0.5) is 0 Å². The van der Waals surface area contributed by atoms with Crippen molar-refractivity contribution in [3.8, 4) is 5.75 Å². The third-order valence-electron chi connectivity index (χ3n) is 1.84. The number of hydrogen-bond acceptors (Lipinski definition) is 3. The molecule has 1 heterocycles. The molecule has 0 amide bonds. The summed E-state index contributed by atoms with van der Waals surface area (Å²) in [6.07, 6.45) is 0. The number of fused-ring (bicyclic) bond motifs is 1. The van der Waals surface area contributed by atoms with Gasteiger partial charge in [0.1, 0.15) is 11.3 Å². The summed E-state index contributed by atoms with van der Waals surface area (Å²) in [5, 5.41) is 0.806. The van der Waals surface area contributed by atoms with E-state index >= 15 is 0 Å². The molecule has 0 aliphatic carbocycles. The Kier molecular flexibility index (Phi) is 1.68. The number of rotatable bonds is 2. The first-order chi connectivity index (χ1) is 7.65. The van der Waals surface area contributed by atoms with E-state index in [-0.39, 0.29) is 6.61 Å². The molecule has 1 aromatic carbocycles. The molecule has 0 saturated heterocycles. The van der Waals surface area contributed by atoms with Crippen LogP contribution >= 0.6 is 0 Å². The molecule has 0 atom stereocenters. The van der Waals surface area contributed by atoms with Crippen LogP contribution in [0, 0.1) is 0 Å². The molecule has 1 aromatic heterocycles. The van der Waals surface area contributed by atoms with Gasteiger partial charge in [0.2, 0.25) is 0 Å². The van der Waals surface area contributed by atoms with E-state index in [0.29, 0.717) is 11.3 Å². The molecule has 0 fully saturated rings. The lowest BCUT2D eigenvalue weighted by atomic mass is 10.2. The second-order valence-corrected chi connectivity index (χ2v) is 2.77. The van der Waals surface area contributed by atoms with Crippen molar-refractivity contribution in [1.82, 2.24) is 0 Å². The summed E-state index contributed by atoms with van der Waals surface area (Å²) in [4.78, 5) is 11.0. The molecule has 0 unspecified atom stereocenters. The number of hydrogen-bond donors (Lipinski definition) is 0. The largest absolute Gasteiger partial charge is 0.494 e. The van der Waals surface area contributed by atoms with E-state index < -0.39 is 12.5 Å². The fourth-order valence-corrected chi connectivity index (χ4v) is 1.23. The van der Waals surface area contributed by atoms with Gasteiger partial charge in [0, 0.05) is 20.3 Å². The van der Waals surface area contributed by atoms with Crippen molar-refractivity contribution in [2.24, 2.45) is 0 Å². The molecule has 14 heavy (non-hydrogen) atoms. The van der Waals surface area contributed by atoms with Gasteiger partial charge in [-0.2, -0.15) is 0 Å². The van der Waals surface area contributed by atoms with Gasteiger partial charge in [-0.25, -0.2) is 4.79 Å². The summed E-state index contributed by atoms with van der Waals surface area (Å²) >= 11 is 0. The smallest absolute Gasteiger partial charge is 0.336 e. The first-order valence-corrected chi connectivity index (χ1v) is 4.16. The maximum atomic E-state index is 11.0. The molecule has 0 N–H and O–H groups in total. The fraction of sp³-hybridized carbons (Fsp3) is 0.182. The predicted octanol–water partition coefficient (Wildman–Crippen LogP) is 2.19. The molecule has 0 radical (unpaired) electrons. The molecule has 72 valence electrons. The third-order valence-corrected chi connectivity index (χ3v) is 1.84. The average Bonchev–Trinajstić information content (AvgIpc) is 2.25. The van der Waals surface area contributed by atoms with Gasteiger partial charge in [0.15, 0.2) is 0 Å². The van der Waals surface area contributed by atoms with Gasteiger partial charge in [-0.3, -0.25) is 0 Å². The van der Waals surface area contributed by atoms with Crippen LogP contribution in [0.1, 0.15) is 9.62 Å². The third kappa shape index (κ3) is 1.62. The lowest BCUT2D eigenvalue weighted by Gasteiger charge is -2.02. The van der Waals surface area contributed by atoms with E-state index in [2.05, 4.69) is 0 Å². The van der Waals surface area contributed by atoms with Crippen molar-refractivity contribution in [3.63, 3.8) is 0 Å². The second kappa shape index (κ2) is 3.54. The highest BCUT2D eigenvalue weighted by Gasteiger charge is 1.98. The lowest BCUT2D eigenvalue weighted by Crippen LogP contribution is -1.95. The van der Waals surface area contributed by atoms with Gasteiger partial charge >= 0.3 is 5.63 Å². The van der Waals surface area contributed by atoms with E-state index in [9.17, 15) is 4.79 Å². The van der Waals surface area contributed by atoms with Crippen molar-refractivity contribution in [3.05, 3.63) is 40.8 Å². The van der Waals surface area contributed by atoms with Crippen molar-refractivity contribution >= 4 is 11.0 Å². The van der Waals surface area contributed by atoms with Crippen molar-refractivity contribution in [2.45, 2.75) is 6.88 Å². The summed E-state index contributed by atoms with van der Waals surface area (Å²) in [6.45, 7) is -1.04. The molecular formula is C11H10O3. The van der Waals surface area contributed by atoms with Gasteiger partial charge < -0.3 is 9.15 Å². The number of ether oxygens (including phenoxy) is 1. The van der Waals surface area contributed by atoms with Crippen LogP contribution in [0.5, 0.6) is 5.75 Å². The Bertz CT molecular complexity index is 548. The summed E-state index contributed by atoms with van der Waals surface area (Å²) < 4.78 is 24.1. The normalized spacial score (nSPS) is 12.6. The summed E-state index contributed by atoms with van der Waals surface area (Å²) in [6, 6.07) is 8.08. The minimum atomic E-state index is -1.03. The van der Waals surface area contributed by atoms with Gasteiger partial charge in [-0.05, 0) is 25.1 Å². The Morgan fingerprint density at radius 2 is 2.29 bits per heavy atom. The van der Waals surface area contributed by atoms with Crippen LogP contribution in [0.2, 0.25) is 0 Å². The minimum absolute atomic E-state index is 0.0113. The molecule has 3 nitrogen and oxygen atoms in total. The van der Waals surface area contributed by atoms with Crippen LogP contribution in [0.3, 0.4) is 0 Å². The number of benzene rings is 1. The monoisotopic (exact) mass is 192 g/mol. The molecule has 0 spiro atoms. The predicted molar refractivity (Wildman–Crippen MR) is 53.7 cm³/mol. The van der Waals surface area contributed by atoms with Crippen LogP contribution in [0.15, 0.2) is 39.5 Å². The van der Waals surface area contributed by atoms with Crippen LogP contribution in [-0.4, -0.2) is 6.61 Å². The Labute approximate surface area is 83.7 Å². The van der Waals surface area contributed by atoms with E-state index in [1.54, 1.807) is 24.3 Å². The SMILES string of the molecule is [2H]C([2H])COc1ccc2ccc(=O)oc2c1. The Hall–Kier alpha value is -1.77. The van der Waals surface area contributed by atoms with Crippen molar-refractivity contribution < 1.29 is 11.9 Å². The van der Waals surface area contributed by atoms with E-state index in [1.165, 1.54) is 6.07 Å². The minimum Gasteiger partial charge on any atom is -0.494 e. The molecule has 0 aliphatic heterocycles. The van der Waals surface area contributed by atoms with E-state index in [1.807, 2.05) is 0 Å². The van der Waals surface area contributed by atoms with Crippen LogP contribution < -0.4 is 10.4 Å². The highest BCUT2D eigenvalue weighted by atomic mass is 16.5. The Morgan fingerprint density at radius 3 is 3.14 bits per heavy atom. The topological polar surface area (TPSA) is 39.4 Å². The zero-order valence-electron chi connectivity index (χ0n) is 9.40. The molecule has 0 aliphatic rings. The lowest BCUT2D eigenvalue weighted by molar-refractivity contribution is 0.340.